The average Bonchev–Trinajstić information content (AvgIpc) is 2.35. The lowest BCUT2D eigenvalue weighted by atomic mass is 9.96. The zero-order valence-electron chi connectivity index (χ0n) is 11.7. The van der Waals surface area contributed by atoms with Crippen molar-refractivity contribution in [2.45, 2.75) is 32.0 Å². The molecule has 1 amide bonds. The van der Waals surface area contributed by atoms with Crippen molar-refractivity contribution in [3.05, 3.63) is 35.4 Å². The van der Waals surface area contributed by atoms with E-state index >= 15 is 0 Å². The van der Waals surface area contributed by atoms with E-state index in [4.69, 9.17) is 4.74 Å². The summed E-state index contributed by atoms with van der Waals surface area (Å²) in [5.41, 5.74) is 1.21. The molecular formula is C15H21NO3. The second-order valence-corrected chi connectivity index (χ2v) is 5.71. The minimum Gasteiger partial charge on any atom is -0.389 e. The predicted octanol–water partition coefficient (Wildman–Crippen LogP) is 1.53. The summed E-state index contributed by atoms with van der Waals surface area (Å²) in [6.45, 7) is 4.22. The second-order valence-electron chi connectivity index (χ2n) is 5.71. The molecule has 1 aromatic carbocycles. The standard InChI is InChI=1S/C15H21NO3/c1-15(2,18)10-16(3)14(17)13-12-7-5-4-6-11(12)8-9-19-13/h4-7,13,18H,8-10H2,1-3H3. The molecule has 0 saturated carbocycles. The van der Waals surface area contributed by atoms with Crippen LogP contribution >= 0.6 is 0 Å². The van der Waals surface area contributed by atoms with E-state index in [9.17, 15) is 9.90 Å². The number of likely N-dealkylation sites (N-methyl/N-ethyl adjacent to an activating group) is 1. The fourth-order valence-corrected chi connectivity index (χ4v) is 2.46. The molecule has 0 aliphatic carbocycles. The minimum atomic E-state index is -0.904. The van der Waals surface area contributed by atoms with Gasteiger partial charge in [0.1, 0.15) is 0 Å². The van der Waals surface area contributed by atoms with E-state index in [2.05, 4.69) is 0 Å². The topological polar surface area (TPSA) is 49.8 Å². The van der Waals surface area contributed by atoms with Crippen molar-refractivity contribution in [3.63, 3.8) is 0 Å². The number of carbonyl (C=O) groups excluding carboxylic acids is 1. The molecule has 2 rings (SSSR count). The number of carbonyl (C=O) groups is 1. The van der Waals surface area contributed by atoms with Crippen molar-refractivity contribution in [2.75, 3.05) is 20.2 Å². The lowest BCUT2D eigenvalue weighted by Crippen LogP contribution is -2.43. The van der Waals surface area contributed by atoms with E-state index in [1.54, 1.807) is 20.9 Å². The van der Waals surface area contributed by atoms with Crippen LogP contribution in [-0.4, -0.2) is 41.7 Å². The first-order chi connectivity index (χ1) is 8.88. The Morgan fingerprint density at radius 2 is 2.16 bits per heavy atom. The van der Waals surface area contributed by atoms with E-state index in [-0.39, 0.29) is 12.5 Å². The van der Waals surface area contributed by atoms with Gasteiger partial charge in [-0.05, 0) is 31.4 Å². The molecule has 1 aliphatic rings. The van der Waals surface area contributed by atoms with Gasteiger partial charge in [-0.15, -0.1) is 0 Å². The van der Waals surface area contributed by atoms with E-state index < -0.39 is 11.7 Å². The van der Waals surface area contributed by atoms with Gasteiger partial charge in [0.25, 0.3) is 5.91 Å². The van der Waals surface area contributed by atoms with Crippen LogP contribution in [-0.2, 0) is 16.0 Å². The fraction of sp³-hybridized carbons (Fsp3) is 0.533. The second kappa shape index (κ2) is 5.31. The molecule has 0 saturated heterocycles. The lowest BCUT2D eigenvalue weighted by Gasteiger charge is -2.31. The molecule has 19 heavy (non-hydrogen) atoms. The zero-order valence-corrected chi connectivity index (χ0v) is 11.7. The molecule has 0 fully saturated rings. The van der Waals surface area contributed by atoms with Crippen molar-refractivity contribution in [1.82, 2.24) is 4.90 Å². The van der Waals surface area contributed by atoms with Crippen molar-refractivity contribution in [2.24, 2.45) is 0 Å². The number of benzene rings is 1. The van der Waals surface area contributed by atoms with E-state index in [0.717, 1.165) is 12.0 Å². The first-order valence-corrected chi connectivity index (χ1v) is 6.55. The molecule has 0 radical (unpaired) electrons. The quantitative estimate of drug-likeness (QED) is 0.899. The number of ether oxygens (including phenoxy) is 1. The number of amides is 1. The summed E-state index contributed by atoms with van der Waals surface area (Å²) in [6.07, 6.45) is 0.298. The Morgan fingerprint density at radius 1 is 1.47 bits per heavy atom. The number of hydrogen-bond acceptors (Lipinski definition) is 3. The average molecular weight is 263 g/mol. The van der Waals surface area contributed by atoms with Crippen LogP contribution in [0.5, 0.6) is 0 Å². The molecule has 0 spiro atoms. The van der Waals surface area contributed by atoms with Crippen LogP contribution in [0.1, 0.15) is 31.1 Å². The molecule has 1 atom stereocenters. The summed E-state index contributed by atoms with van der Waals surface area (Å²) in [7, 11) is 1.70. The van der Waals surface area contributed by atoms with Crippen LogP contribution in [0.25, 0.3) is 0 Å². The Labute approximate surface area is 114 Å². The molecule has 1 N–H and O–H groups in total. The van der Waals surface area contributed by atoms with Gasteiger partial charge in [0.2, 0.25) is 0 Å². The maximum atomic E-state index is 12.4. The van der Waals surface area contributed by atoms with Gasteiger partial charge in [-0.3, -0.25) is 4.79 Å². The number of aliphatic hydroxyl groups is 1. The SMILES string of the molecule is CN(CC(C)(C)O)C(=O)C1OCCc2ccccc21. The third-order valence-corrected chi connectivity index (χ3v) is 3.22. The van der Waals surface area contributed by atoms with Crippen LogP contribution in [0.3, 0.4) is 0 Å². The van der Waals surface area contributed by atoms with E-state index in [1.165, 1.54) is 10.5 Å². The maximum absolute atomic E-state index is 12.4. The number of fused-ring (bicyclic) bond motifs is 1. The van der Waals surface area contributed by atoms with Gasteiger partial charge >= 0.3 is 0 Å². The number of nitrogens with zero attached hydrogens (tertiary/aromatic N) is 1. The molecule has 4 heteroatoms. The van der Waals surface area contributed by atoms with Gasteiger partial charge in [0.15, 0.2) is 6.10 Å². The lowest BCUT2D eigenvalue weighted by molar-refractivity contribution is -0.146. The summed E-state index contributed by atoms with van der Waals surface area (Å²) in [4.78, 5) is 14.0. The number of rotatable bonds is 3. The molecule has 1 unspecified atom stereocenters. The van der Waals surface area contributed by atoms with Gasteiger partial charge in [0, 0.05) is 13.6 Å². The molecule has 104 valence electrons. The minimum absolute atomic E-state index is 0.103. The summed E-state index contributed by atoms with van der Waals surface area (Å²) >= 11 is 0. The zero-order chi connectivity index (χ0) is 14.0. The highest BCUT2D eigenvalue weighted by atomic mass is 16.5. The molecule has 4 nitrogen and oxygen atoms in total. The molecule has 0 bridgehead atoms. The van der Waals surface area contributed by atoms with Crippen LogP contribution < -0.4 is 0 Å². The monoisotopic (exact) mass is 263 g/mol. The summed E-state index contributed by atoms with van der Waals surface area (Å²) < 4.78 is 5.63. The van der Waals surface area contributed by atoms with Crippen LogP contribution in [0.2, 0.25) is 0 Å². The first kappa shape index (κ1) is 14.0. The van der Waals surface area contributed by atoms with Crippen molar-refractivity contribution in [1.29, 1.82) is 0 Å². The van der Waals surface area contributed by atoms with E-state index in [0.29, 0.717) is 6.61 Å². The Kier molecular flexibility index (Phi) is 3.92. The Balaban J connectivity index is 2.17. The predicted molar refractivity (Wildman–Crippen MR) is 72.8 cm³/mol. The summed E-state index contributed by atoms with van der Waals surface area (Å²) in [6, 6.07) is 7.87. The summed E-state index contributed by atoms with van der Waals surface area (Å²) in [5.74, 6) is -0.103. The molecule has 1 aromatic rings. The van der Waals surface area contributed by atoms with Crippen molar-refractivity contribution < 1.29 is 14.6 Å². The molecule has 1 aliphatic heterocycles. The van der Waals surface area contributed by atoms with E-state index in [1.807, 2.05) is 24.3 Å². The van der Waals surface area contributed by atoms with Crippen LogP contribution in [0.4, 0.5) is 0 Å². The van der Waals surface area contributed by atoms with Crippen molar-refractivity contribution in [3.8, 4) is 0 Å². The Hall–Kier alpha value is -1.39. The normalized spacial score (nSPS) is 18.8. The van der Waals surface area contributed by atoms with Gasteiger partial charge in [-0.25, -0.2) is 0 Å². The highest BCUT2D eigenvalue weighted by Crippen LogP contribution is 2.28. The third kappa shape index (κ3) is 3.33. The highest BCUT2D eigenvalue weighted by Gasteiger charge is 2.31. The first-order valence-electron chi connectivity index (χ1n) is 6.55. The highest BCUT2D eigenvalue weighted by molar-refractivity contribution is 5.82. The largest absolute Gasteiger partial charge is 0.389 e. The third-order valence-electron chi connectivity index (χ3n) is 3.22. The van der Waals surface area contributed by atoms with Gasteiger partial charge in [-0.1, -0.05) is 24.3 Å². The van der Waals surface area contributed by atoms with Gasteiger partial charge in [-0.2, -0.15) is 0 Å². The van der Waals surface area contributed by atoms with Crippen molar-refractivity contribution >= 4 is 5.91 Å². The molecular weight excluding hydrogens is 242 g/mol. The summed E-state index contributed by atoms with van der Waals surface area (Å²) in [5, 5.41) is 9.80. The van der Waals surface area contributed by atoms with Gasteiger partial charge in [0.05, 0.1) is 12.2 Å². The van der Waals surface area contributed by atoms with Gasteiger partial charge < -0.3 is 14.7 Å². The molecule has 1 heterocycles. The number of hydrogen-bond donors (Lipinski definition) is 1. The Bertz CT molecular complexity index is 465. The van der Waals surface area contributed by atoms with Crippen LogP contribution in [0.15, 0.2) is 24.3 Å². The Morgan fingerprint density at radius 3 is 2.84 bits per heavy atom. The smallest absolute Gasteiger partial charge is 0.256 e. The van der Waals surface area contributed by atoms with Crippen LogP contribution in [0, 0.1) is 0 Å². The molecule has 0 aromatic heterocycles. The maximum Gasteiger partial charge on any atom is 0.256 e. The fourth-order valence-electron chi connectivity index (χ4n) is 2.46.